The van der Waals surface area contributed by atoms with Crippen LogP contribution in [0.2, 0.25) is 0 Å². The average Bonchev–Trinajstić information content (AvgIpc) is 1.93. The van der Waals surface area contributed by atoms with E-state index in [1.165, 1.54) is 0 Å². The Morgan fingerprint density at radius 2 is 1.57 bits per heavy atom. The third-order valence-electron chi connectivity index (χ3n) is 2.03. The number of likely N-dealkylation sites (tertiary alicyclic amines) is 1. The molecule has 8 heteroatoms. The molecule has 0 amide bonds. The van der Waals surface area contributed by atoms with Crippen LogP contribution in [-0.4, -0.2) is 42.6 Å². The van der Waals surface area contributed by atoms with E-state index in [1.54, 1.807) is 0 Å². The summed E-state index contributed by atoms with van der Waals surface area (Å²) in [5, 5.41) is 0. The number of hydrogen-bond acceptors (Lipinski definition) is 1. The number of alkyl halides is 7. The predicted molar refractivity (Wildman–Crippen MR) is 32.4 cm³/mol. The van der Waals surface area contributed by atoms with E-state index in [4.69, 9.17) is 0 Å². The molecule has 14 heavy (non-hydrogen) atoms. The molecule has 1 fully saturated rings. The quantitative estimate of drug-likeness (QED) is 0.571. The summed E-state index contributed by atoms with van der Waals surface area (Å²) >= 11 is 0. The molecule has 0 saturated carbocycles. The van der Waals surface area contributed by atoms with Crippen LogP contribution in [0.15, 0.2) is 0 Å². The summed E-state index contributed by atoms with van der Waals surface area (Å²) in [7, 11) is 0.590. The lowest BCUT2D eigenvalue weighted by molar-refractivity contribution is -0.258. The van der Waals surface area contributed by atoms with Gasteiger partial charge in [0.2, 0.25) is 0 Å². The number of halogens is 7. The summed E-state index contributed by atoms with van der Waals surface area (Å²) in [4.78, 5) is -0.0833. The fraction of sp³-hybridized carbons (Fsp3) is 1.00. The minimum absolute atomic E-state index is 0.0833. The molecule has 0 aromatic carbocycles. The molecule has 1 unspecified atom stereocenters. The van der Waals surface area contributed by atoms with Crippen LogP contribution in [0.4, 0.5) is 30.7 Å². The van der Waals surface area contributed by atoms with Gasteiger partial charge in [0.15, 0.2) is 6.04 Å². The summed E-state index contributed by atoms with van der Waals surface area (Å²) in [6.45, 7) is -1.59. The fourth-order valence-electron chi connectivity index (χ4n) is 1.44. The normalized spacial score (nSPS) is 32.1. The Balaban J connectivity index is 3.09. The van der Waals surface area contributed by atoms with Gasteiger partial charge in [-0.15, -0.1) is 0 Å². The molecule has 1 saturated heterocycles. The van der Waals surface area contributed by atoms with Crippen molar-refractivity contribution in [2.45, 2.75) is 24.1 Å². The molecule has 0 aromatic rings. The molecule has 1 atom stereocenters. The highest BCUT2D eigenvalue weighted by Gasteiger charge is 2.75. The first-order valence-electron chi connectivity index (χ1n) is 3.53. The number of hydrogen-bond donors (Lipinski definition) is 0. The van der Waals surface area contributed by atoms with Crippen molar-refractivity contribution in [2.24, 2.45) is 0 Å². The third kappa shape index (κ3) is 1.45. The van der Waals surface area contributed by atoms with Gasteiger partial charge in [0, 0.05) is 0 Å². The van der Waals surface area contributed by atoms with E-state index in [9.17, 15) is 30.7 Å². The van der Waals surface area contributed by atoms with Crippen molar-refractivity contribution in [1.82, 2.24) is 4.90 Å². The standard InChI is InChI=1S/C6H6F7N/c1-14-2-4(7,8)5(9,10)3(14)6(11,12)13/h3H,2H2,1H3. The van der Waals surface area contributed by atoms with Crippen LogP contribution >= 0.6 is 0 Å². The highest BCUT2D eigenvalue weighted by molar-refractivity contribution is 5.06. The molecule has 0 aromatic heterocycles. The Morgan fingerprint density at radius 3 is 1.71 bits per heavy atom. The van der Waals surface area contributed by atoms with Crippen LogP contribution in [0.5, 0.6) is 0 Å². The van der Waals surface area contributed by atoms with E-state index >= 15 is 0 Å². The van der Waals surface area contributed by atoms with Crippen LogP contribution in [0.3, 0.4) is 0 Å². The molecule has 84 valence electrons. The zero-order chi connectivity index (χ0) is 11.4. The van der Waals surface area contributed by atoms with Gasteiger partial charge in [-0.25, -0.2) is 0 Å². The van der Waals surface area contributed by atoms with E-state index in [-0.39, 0.29) is 4.90 Å². The van der Waals surface area contributed by atoms with Crippen LogP contribution in [0.25, 0.3) is 0 Å². The Labute approximate surface area is 74.5 Å². The van der Waals surface area contributed by atoms with E-state index in [2.05, 4.69) is 0 Å². The minimum Gasteiger partial charge on any atom is -0.284 e. The Hall–Kier alpha value is -0.530. The second-order valence-electron chi connectivity index (χ2n) is 3.19. The second kappa shape index (κ2) is 2.74. The van der Waals surface area contributed by atoms with Gasteiger partial charge < -0.3 is 0 Å². The first kappa shape index (κ1) is 11.5. The van der Waals surface area contributed by atoms with Crippen LogP contribution < -0.4 is 0 Å². The van der Waals surface area contributed by atoms with E-state index < -0.39 is 30.6 Å². The molecular formula is C6H6F7N. The molecule has 0 N–H and O–H groups in total. The highest BCUT2D eigenvalue weighted by atomic mass is 19.4. The van der Waals surface area contributed by atoms with Crippen LogP contribution in [0, 0.1) is 0 Å². The summed E-state index contributed by atoms with van der Waals surface area (Å²) in [6, 6.07) is -3.41. The monoisotopic (exact) mass is 225 g/mol. The summed E-state index contributed by atoms with van der Waals surface area (Å²) < 4.78 is 86.2. The van der Waals surface area contributed by atoms with Gasteiger partial charge >= 0.3 is 18.0 Å². The molecule has 1 aliphatic heterocycles. The van der Waals surface area contributed by atoms with Crippen molar-refractivity contribution < 1.29 is 30.7 Å². The van der Waals surface area contributed by atoms with Crippen molar-refractivity contribution >= 4 is 0 Å². The maximum Gasteiger partial charge on any atom is 0.410 e. The molecule has 0 bridgehead atoms. The van der Waals surface area contributed by atoms with Gasteiger partial charge in [0.05, 0.1) is 6.54 Å². The smallest absolute Gasteiger partial charge is 0.284 e. The molecule has 0 aliphatic carbocycles. The maximum absolute atomic E-state index is 12.6. The summed E-state index contributed by atoms with van der Waals surface area (Å²) in [6.07, 6.45) is -5.36. The van der Waals surface area contributed by atoms with E-state index in [0.717, 1.165) is 0 Å². The lowest BCUT2D eigenvalue weighted by Crippen LogP contribution is -2.52. The van der Waals surface area contributed by atoms with Crippen LogP contribution in [-0.2, 0) is 0 Å². The molecule has 0 spiro atoms. The molecule has 1 aliphatic rings. The Bertz CT molecular complexity index is 233. The van der Waals surface area contributed by atoms with Crippen molar-refractivity contribution in [3.8, 4) is 0 Å². The molecule has 1 nitrogen and oxygen atoms in total. The van der Waals surface area contributed by atoms with Gasteiger partial charge in [-0.1, -0.05) is 0 Å². The average molecular weight is 225 g/mol. The second-order valence-corrected chi connectivity index (χ2v) is 3.19. The van der Waals surface area contributed by atoms with Gasteiger partial charge in [0.25, 0.3) is 0 Å². The van der Waals surface area contributed by atoms with Gasteiger partial charge in [-0.3, -0.25) is 4.90 Å². The zero-order valence-electron chi connectivity index (χ0n) is 6.88. The predicted octanol–water partition coefficient (Wildman–Crippen LogP) is 2.13. The van der Waals surface area contributed by atoms with E-state index in [1.807, 2.05) is 0 Å². The van der Waals surface area contributed by atoms with Gasteiger partial charge in [0.1, 0.15) is 0 Å². The van der Waals surface area contributed by atoms with Crippen molar-refractivity contribution in [1.29, 1.82) is 0 Å². The van der Waals surface area contributed by atoms with Crippen molar-refractivity contribution in [3.63, 3.8) is 0 Å². The fourth-order valence-corrected chi connectivity index (χ4v) is 1.44. The van der Waals surface area contributed by atoms with Crippen LogP contribution in [0.1, 0.15) is 0 Å². The number of rotatable bonds is 0. The summed E-state index contributed by atoms with van der Waals surface area (Å²) in [5.41, 5.74) is 0. The Kier molecular flexibility index (Phi) is 2.26. The molecule has 0 radical (unpaired) electrons. The first-order valence-corrected chi connectivity index (χ1v) is 3.53. The summed E-state index contributed by atoms with van der Waals surface area (Å²) in [5.74, 6) is -9.71. The highest BCUT2D eigenvalue weighted by Crippen LogP contribution is 2.49. The largest absolute Gasteiger partial charge is 0.410 e. The minimum atomic E-state index is -5.36. The van der Waals surface area contributed by atoms with Crippen molar-refractivity contribution in [2.75, 3.05) is 13.6 Å². The van der Waals surface area contributed by atoms with Crippen molar-refractivity contribution in [3.05, 3.63) is 0 Å². The maximum atomic E-state index is 12.6. The molecular weight excluding hydrogens is 219 g/mol. The van der Waals surface area contributed by atoms with Gasteiger partial charge in [-0.05, 0) is 7.05 Å². The first-order chi connectivity index (χ1) is 6.00. The lowest BCUT2D eigenvalue weighted by atomic mass is 10.1. The zero-order valence-corrected chi connectivity index (χ0v) is 6.88. The SMILES string of the molecule is CN1CC(F)(F)C(F)(F)C1C(F)(F)F. The third-order valence-corrected chi connectivity index (χ3v) is 2.03. The molecule has 1 heterocycles. The lowest BCUT2D eigenvalue weighted by Gasteiger charge is -2.26. The molecule has 1 rings (SSSR count). The Morgan fingerprint density at radius 1 is 1.14 bits per heavy atom. The number of nitrogens with zero attached hydrogens (tertiary/aromatic N) is 1. The van der Waals surface area contributed by atoms with E-state index in [0.29, 0.717) is 7.05 Å². The topological polar surface area (TPSA) is 3.24 Å². The van der Waals surface area contributed by atoms with Gasteiger partial charge in [-0.2, -0.15) is 30.7 Å².